The van der Waals surface area contributed by atoms with Crippen molar-refractivity contribution in [1.82, 2.24) is 15.0 Å². The van der Waals surface area contributed by atoms with Crippen molar-refractivity contribution in [2.45, 2.75) is 0 Å². The zero-order chi connectivity index (χ0) is 30.7. The summed E-state index contributed by atoms with van der Waals surface area (Å²) >= 11 is 0. The second kappa shape index (κ2) is 12.1. The van der Waals surface area contributed by atoms with E-state index in [-0.39, 0.29) is 0 Å². The lowest BCUT2D eigenvalue weighted by molar-refractivity contribution is 1.08. The second-order valence-electron chi connectivity index (χ2n) is 11.2. The number of fused-ring (bicyclic) bond motifs is 1. The Hall–Kier alpha value is -6.19. The minimum atomic E-state index is 0.636. The van der Waals surface area contributed by atoms with Gasteiger partial charge in [-0.15, -0.1) is 0 Å². The third-order valence-corrected chi connectivity index (χ3v) is 8.37. The maximum absolute atomic E-state index is 5.20. The van der Waals surface area contributed by atoms with Gasteiger partial charge in [0.05, 0.1) is 0 Å². The van der Waals surface area contributed by atoms with Crippen LogP contribution in [0.15, 0.2) is 176 Å². The third-order valence-electron chi connectivity index (χ3n) is 8.37. The number of rotatable bonds is 6. The molecule has 0 atom stereocenters. The molecule has 1 aromatic heterocycles. The average molecular weight is 588 g/mol. The van der Waals surface area contributed by atoms with Crippen molar-refractivity contribution >= 4 is 10.8 Å². The fourth-order valence-corrected chi connectivity index (χ4v) is 6.13. The predicted octanol–water partition coefficient (Wildman–Crippen LogP) is 11.0. The molecule has 3 heteroatoms. The quantitative estimate of drug-likeness (QED) is 0.194. The van der Waals surface area contributed by atoms with Gasteiger partial charge in [0.15, 0.2) is 17.5 Å². The monoisotopic (exact) mass is 587 g/mol. The minimum absolute atomic E-state index is 0.636. The zero-order valence-corrected chi connectivity index (χ0v) is 25.1. The van der Waals surface area contributed by atoms with Crippen molar-refractivity contribution in [2.24, 2.45) is 0 Å². The Bertz CT molecular complexity index is 2300. The Labute approximate surface area is 268 Å². The molecule has 0 amide bonds. The van der Waals surface area contributed by atoms with Crippen LogP contribution in [0.1, 0.15) is 0 Å². The van der Waals surface area contributed by atoms with Gasteiger partial charge in [-0.3, -0.25) is 0 Å². The topological polar surface area (TPSA) is 38.7 Å². The Balaban J connectivity index is 1.36. The number of hydrogen-bond acceptors (Lipinski definition) is 3. The number of nitrogens with zero attached hydrogens (tertiary/aromatic N) is 3. The Kier molecular flexibility index (Phi) is 7.18. The lowest BCUT2D eigenvalue weighted by Gasteiger charge is -2.14. The first-order valence-corrected chi connectivity index (χ1v) is 15.5. The van der Waals surface area contributed by atoms with Crippen LogP contribution in [-0.4, -0.2) is 15.0 Å². The molecule has 46 heavy (non-hydrogen) atoms. The third kappa shape index (κ3) is 5.25. The van der Waals surface area contributed by atoms with Gasteiger partial charge in [-0.1, -0.05) is 164 Å². The molecule has 8 rings (SSSR count). The van der Waals surface area contributed by atoms with Gasteiger partial charge < -0.3 is 0 Å². The van der Waals surface area contributed by atoms with E-state index >= 15 is 0 Å². The van der Waals surface area contributed by atoms with Gasteiger partial charge in [-0.2, -0.15) is 0 Å². The van der Waals surface area contributed by atoms with Gasteiger partial charge in [0, 0.05) is 16.7 Å². The molecule has 8 aromatic rings. The molecule has 0 bridgehead atoms. The maximum atomic E-state index is 5.20. The van der Waals surface area contributed by atoms with Gasteiger partial charge >= 0.3 is 0 Å². The van der Waals surface area contributed by atoms with Crippen LogP contribution in [0.2, 0.25) is 0 Å². The van der Waals surface area contributed by atoms with Crippen molar-refractivity contribution in [2.75, 3.05) is 0 Å². The molecule has 0 saturated carbocycles. The maximum Gasteiger partial charge on any atom is 0.164 e. The van der Waals surface area contributed by atoms with Crippen molar-refractivity contribution in [1.29, 1.82) is 0 Å². The molecule has 1 heterocycles. The molecule has 216 valence electrons. The fraction of sp³-hybridized carbons (Fsp3) is 0. The second-order valence-corrected chi connectivity index (χ2v) is 11.2. The van der Waals surface area contributed by atoms with Crippen molar-refractivity contribution in [3.05, 3.63) is 176 Å². The summed E-state index contributed by atoms with van der Waals surface area (Å²) < 4.78 is 0. The molecule has 0 aliphatic rings. The Morgan fingerprint density at radius 3 is 1.35 bits per heavy atom. The van der Waals surface area contributed by atoms with Crippen molar-refractivity contribution < 1.29 is 0 Å². The lowest BCUT2D eigenvalue weighted by atomic mass is 9.94. The highest BCUT2D eigenvalue weighted by Crippen LogP contribution is 2.37. The van der Waals surface area contributed by atoms with Crippen LogP contribution >= 0.6 is 0 Å². The summed E-state index contributed by atoms with van der Waals surface area (Å²) in [5, 5.41) is 2.26. The number of hydrogen-bond donors (Lipinski definition) is 0. The highest BCUT2D eigenvalue weighted by atomic mass is 15.0. The molecule has 0 aliphatic heterocycles. The number of benzene rings is 7. The molecular formula is C43H29N3. The van der Waals surface area contributed by atoms with Crippen LogP contribution in [0.4, 0.5) is 0 Å². The zero-order valence-electron chi connectivity index (χ0n) is 25.1. The lowest BCUT2D eigenvalue weighted by Crippen LogP contribution is -2.02. The van der Waals surface area contributed by atoms with E-state index in [0.29, 0.717) is 17.5 Å². The molecule has 0 fully saturated rings. The summed E-state index contributed by atoms with van der Waals surface area (Å²) in [5.41, 5.74) is 9.68. The first-order valence-electron chi connectivity index (χ1n) is 15.5. The van der Waals surface area contributed by atoms with Gasteiger partial charge in [-0.25, -0.2) is 15.0 Å². The molecule has 0 N–H and O–H groups in total. The van der Waals surface area contributed by atoms with Crippen LogP contribution in [0.5, 0.6) is 0 Å². The average Bonchev–Trinajstić information content (AvgIpc) is 3.15. The molecule has 0 radical (unpaired) electrons. The van der Waals surface area contributed by atoms with E-state index < -0.39 is 0 Å². The highest BCUT2D eigenvalue weighted by molar-refractivity contribution is 6.04. The summed E-state index contributed by atoms with van der Waals surface area (Å²) in [6.45, 7) is 0. The van der Waals surface area contributed by atoms with Crippen LogP contribution in [0.3, 0.4) is 0 Å². The van der Waals surface area contributed by atoms with E-state index in [0.717, 1.165) is 49.7 Å². The summed E-state index contributed by atoms with van der Waals surface area (Å²) in [6.07, 6.45) is 0. The van der Waals surface area contributed by atoms with Gasteiger partial charge in [0.25, 0.3) is 0 Å². The van der Waals surface area contributed by atoms with Crippen LogP contribution in [0, 0.1) is 0 Å². The normalized spacial score (nSPS) is 11.0. The molecule has 3 nitrogen and oxygen atoms in total. The van der Waals surface area contributed by atoms with E-state index in [1.165, 1.54) is 11.1 Å². The highest BCUT2D eigenvalue weighted by Gasteiger charge is 2.18. The summed E-state index contributed by atoms with van der Waals surface area (Å²) in [7, 11) is 0. The SMILES string of the molecule is c1ccc(-c2cccc(-c3nc(-c4ccccc4-c4ccccc4)nc(-c4ccc(-c5ccccc5)c5ccccc45)n3)c2)cc1. The first-order chi connectivity index (χ1) is 22.8. The fourth-order valence-electron chi connectivity index (χ4n) is 6.13. The largest absolute Gasteiger partial charge is 0.208 e. The van der Waals surface area contributed by atoms with E-state index in [1.807, 2.05) is 24.3 Å². The minimum Gasteiger partial charge on any atom is -0.208 e. The van der Waals surface area contributed by atoms with Crippen LogP contribution in [-0.2, 0) is 0 Å². The van der Waals surface area contributed by atoms with Gasteiger partial charge in [-0.05, 0) is 56.3 Å². The molecule has 0 saturated heterocycles. The van der Waals surface area contributed by atoms with E-state index in [1.54, 1.807) is 0 Å². The summed E-state index contributed by atoms with van der Waals surface area (Å²) in [5.74, 6) is 1.92. The van der Waals surface area contributed by atoms with E-state index in [4.69, 9.17) is 15.0 Å². The molecule has 0 aliphatic carbocycles. The van der Waals surface area contributed by atoms with Gasteiger partial charge in [0.1, 0.15) is 0 Å². The molecule has 0 spiro atoms. The van der Waals surface area contributed by atoms with Gasteiger partial charge in [0.2, 0.25) is 0 Å². The standard InChI is InChI=1S/C43H29N3/c1-4-15-30(16-5-1)33-21-14-22-34(29-33)41-44-42(39-26-13-10-23-35(39)31-17-6-2-7-18-31)46-43(45-41)40-28-27-36(32-19-8-3-9-20-32)37-24-11-12-25-38(37)40/h1-29H. The van der Waals surface area contributed by atoms with E-state index in [9.17, 15) is 0 Å². The predicted molar refractivity (Wildman–Crippen MR) is 190 cm³/mol. The first kappa shape index (κ1) is 27.4. The smallest absolute Gasteiger partial charge is 0.164 e. The van der Waals surface area contributed by atoms with Crippen LogP contribution < -0.4 is 0 Å². The molecular weight excluding hydrogens is 558 g/mol. The summed E-state index contributed by atoms with van der Waals surface area (Å²) in [4.78, 5) is 15.5. The van der Waals surface area contributed by atoms with Crippen LogP contribution in [0.25, 0.3) is 78.3 Å². The molecule has 7 aromatic carbocycles. The van der Waals surface area contributed by atoms with Crippen molar-refractivity contribution in [3.8, 4) is 67.5 Å². The Morgan fingerprint density at radius 1 is 0.239 bits per heavy atom. The molecule has 0 unspecified atom stereocenters. The summed E-state index contributed by atoms with van der Waals surface area (Å²) in [6, 6.07) is 61.0. The Morgan fingerprint density at radius 2 is 0.674 bits per heavy atom. The number of aromatic nitrogens is 3. The van der Waals surface area contributed by atoms with E-state index in [2.05, 4.69) is 152 Å². The van der Waals surface area contributed by atoms with Crippen molar-refractivity contribution in [3.63, 3.8) is 0 Å².